The Labute approximate surface area is 186 Å². The molecule has 2 aromatic rings. The van der Waals surface area contributed by atoms with Crippen LogP contribution < -0.4 is 10.6 Å². The fourth-order valence-electron chi connectivity index (χ4n) is 7.55. The van der Waals surface area contributed by atoms with Crippen molar-refractivity contribution in [2.75, 3.05) is 0 Å². The second kappa shape index (κ2) is 6.13. The molecule has 4 aliphatic rings. The Morgan fingerprint density at radius 3 is 1.61 bits per heavy atom. The third-order valence-corrected chi connectivity index (χ3v) is 12.7. The average Bonchev–Trinajstić information content (AvgIpc) is 3.29. The van der Waals surface area contributed by atoms with Gasteiger partial charge in [-0.25, -0.2) is 0 Å². The maximum absolute atomic E-state index is 15.6. The van der Waals surface area contributed by atoms with Crippen LogP contribution in [-0.2, 0) is 14.1 Å². The first-order valence-electron chi connectivity index (χ1n) is 11.4. The summed E-state index contributed by atoms with van der Waals surface area (Å²) in [7, 11) is -3.15. The van der Waals surface area contributed by atoms with E-state index in [4.69, 9.17) is 4.74 Å². The van der Waals surface area contributed by atoms with E-state index in [9.17, 15) is 4.79 Å². The van der Waals surface area contributed by atoms with E-state index in [1.807, 2.05) is 81.4 Å². The summed E-state index contributed by atoms with van der Waals surface area (Å²) in [5.41, 5.74) is -1.26. The summed E-state index contributed by atoms with van der Waals surface area (Å²) in [5.74, 6) is -0.142. The van der Waals surface area contributed by atoms with Gasteiger partial charge >= 0.3 is 5.97 Å². The van der Waals surface area contributed by atoms with Crippen molar-refractivity contribution in [3.63, 3.8) is 0 Å². The van der Waals surface area contributed by atoms with Gasteiger partial charge in [0.05, 0.1) is 5.41 Å². The van der Waals surface area contributed by atoms with Gasteiger partial charge in [0.2, 0.25) is 0 Å². The zero-order valence-electron chi connectivity index (χ0n) is 19.3. The molecule has 164 valence electrons. The van der Waals surface area contributed by atoms with Crippen LogP contribution in [0.3, 0.4) is 0 Å². The zero-order valence-corrected chi connectivity index (χ0v) is 20.2. The highest BCUT2D eigenvalue weighted by Gasteiger charge is 2.87. The van der Waals surface area contributed by atoms with Crippen molar-refractivity contribution in [2.45, 2.75) is 71.1 Å². The van der Waals surface area contributed by atoms with Gasteiger partial charge in [0, 0.05) is 15.8 Å². The Morgan fingerprint density at radius 2 is 1.23 bits per heavy atom. The van der Waals surface area contributed by atoms with Gasteiger partial charge in [-0.2, -0.15) is 0 Å². The van der Waals surface area contributed by atoms with E-state index < -0.39 is 23.3 Å². The minimum absolute atomic E-state index is 0.00310. The van der Waals surface area contributed by atoms with Crippen LogP contribution in [0, 0.1) is 16.2 Å². The van der Waals surface area contributed by atoms with Gasteiger partial charge < -0.3 is 9.30 Å². The lowest BCUT2D eigenvalue weighted by Gasteiger charge is -2.45. The zero-order chi connectivity index (χ0) is 22.3. The van der Waals surface area contributed by atoms with Gasteiger partial charge in [-0.1, -0.05) is 74.5 Å². The number of ether oxygens (including phenoxy) is 1. The van der Waals surface area contributed by atoms with Crippen molar-refractivity contribution in [1.82, 2.24) is 0 Å². The lowest BCUT2D eigenvalue weighted by Crippen LogP contribution is -2.51. The average molecular weight is 437 g/mol. The molecule has 4 atom stereocenters. The Bertz CT molecular complexity index is 1020. The van der Waals surface area contributed by atoms with Crippen molar-refractivity contribution in [3.05, 3.63) is 60.7 Å². The number of hydrogen-bond acceptors (Lipinski definition) is 3. The summed E-state index contributed by atoms with van der Waals surface area (Å²) in [4.78, 5) is 13.9. The first kappa shape index (κ1) is 21.0. The van der Waals surface area contributed by atoms with E-state index in [2.05, 4.69) is 13.8 Å². The molecule has 4 fully saturated rings. The molecule has 4 aliphatic carbocycles. The van der Waals surface area contributed by atoms with Gasteiger partial charge in [0.1, 0.15) is 12.7 Å². The molecule has 0 aliphatic heterocycles. The standard InChI is InChI=1S/C27H33O3P/c1-23(2,3)30-22(28)26-16-24(4)18-27(26,19-25(24,5)17-26)31(29,20-12-8-6-9-13-20)21-14-10-7-11-15-21/h6-15H,16-19H2,1-5H3/t24-,25+,26?,27?. The highest BCUT2D eigenvalue weighted by molar-refractivity contribution is 7.80. The van der Waals surface area contributed by atoms with Gasteiger partial charge in [0.25, 0.3) is 0 Å². The third kappa shape index (κ3) is 2.48. The molecule has 2 unspecified atom stereocenters. The molecule has 0 aromatic heterocycles. The van der Waals surface area contributed by atoms with Gasteiger partial charge in [-0.3, -0.25) is 4.79 Å². The molecule has 4 saturated carbocycles. The Morgan fingerprint density at radius 1 is 0.806 bits per heavy atom. The molecule has 4 bridgehead atoms. The van der Waals surface area contributed by atoms with Crippen LogP contribution in [0.25, 0.3) is 0 Å². The Kier molecular flexibility index (Phi) is 4.16. The van der Waals surface area contributed by atoms with Crippen molar-refractivity contribution in [1.29, 1.82) is 0 Å². The molecule has 6 rings (SSSR count). The molecule has 31 heavy (non-hydrogen) atoms. The lowest BCUT2D eigenvalue weighted by molar-refractivity contribution is -0.168. The molecule has 0 N–H and O–H groups in total. The molecular formula is C27H33O3P. The molecule has 0 radical (unpaired) electrons. The van der Waals surface area contributed by atoms with Gasteiger partial charge in [0.15, 0.2) is 0 Å². The second-order valence-electron chi connectivity index (χ2n) is 11.7. The van der Waals surface area contributed by atoms with E-state index in [1.54, 1.807) is 0 Å². The van der Waals surface area contributed by atoms with Crippen molar-refractivity contribution in [3.8, 4) is 0 Å². The highest BCUT2D eigenvalue weighted by Crippen LogP contribution is 2.91. The minimum Gasteiger partial charge on any atom is -0.460 e. The van der Waals surface area contributed by atoms with E-state index in [-0.39, 0.29) is 16.8 Å². The summed E-state index contributed by atoms with van der Waals surface area (Å²) in [6, 6.07) is 19.8. The van der Waals surface area contributed by atoms with Gasteiger partial charge in [-0.15, -0.1) is 0 Å². The highest BCUT2D eigenvalue weighted by atomic mass is 31.2. The topological polar surface area (TPSA) is 43.4 Å². The minimum atomic E-state index is -3.15. The van der Waals surface area contributed by atoms with Gasteiger partial charge in [-0.05, 0) is 57.3 Å². The fourth-order valence-corrected chi connectivity index (χ4v) is 12.0. The number of hydrogen-bond donors (Lipinski definition) is 0. The predicted octanol–water partition coefficient (Wildman–Crippen LogP) is 5.68. The van der Waals surface area contributed by atoms with E-state index >= 15 is 4.57 Å². The molecule has 4 heteroatoms. The van der Waals surface area contributed by atoms with Crippen molar-refractivity contribution < 1.29 is 14.1 Å². The molecule has 0 heterocycles. The SMILES string of the molecule is CC(C)(C)OC(=O)C12C[C@@]3(C)CC1(P(=O)(c1ccccc1)c1ccccc1)C[C@@]3(C)C2. The first-order chi connectivity index (χ1) is 14.4. The smallest absolute Gasteiger partial charge is 0.313 e. The van der Waals surface area contributed by atoms with Crippen molar-refractivity contribution in [2.24, 2.45) is 16.2 Å². The quantitative estimate of drug-likeness (QED) is 0.457. The van der Waals surface area contributed by atoms with Crippen LogP contribution in [0.1, 0.15) is 60.3 Å². The molecule has 0 amide bonds. The van der Waals surface area contributed by atoms with Crippen LogP contribution in [0.4, 0.5) is 0 Å². The number of benzene rings is 2. The maximum Gasteiger partial charge on any atom is 0.313 e. The number of esters is 1. The first-order valence-corrected chi connectivity index (χ1v) is 13.1. The normalized spacial score (nSPS) is 36.2. The number of carbonyl (C=O) groups excluding carboxylic acids is 1. The largest absolute Gasteiger partial charge is 0.460 e. The van der Waals surface area contributed by atoms with Crippen LogP contribution >= 0.6 is 7.14 Å². The van der Waals surface area contributed by atoms with E-state index in [1.165, 1.54) is 0 Å². The molecular weight excluding hydrogens is 403 g/mol. The van der Waals surface area contributed by atoms with Crippen LogP contribution in [0.15, 0.2) is 60.7 Å². The summed E-state index contributed by atoms with van der Waals surface area (Å²) < 4.78 is 21.6. The lowest BCUT2D eigenvalue weighted by atomic mass is 9.71. The number of rotatable bonds is 4. The van der Waals surface area contributed by atoms with Crippen LogP contribution in [0.2, 0.25) is 0 Å². The second-order valence-corrected chi connectivity index (χ2v) is 14.8. The summed E-state index contributed by atoms with van der Waals surface area (Å²) in [6.45, 7) is 10.4. The summed E-state index contributed by atoms with van der Waals surface area (Å²) in [5, 5.41) is 1.13. The molecule has 0 spiro atoms. The van der Waals surface area contributed by atoms with Crippen molar-refractivity contribution >= 4 is 23.7 Å². The van der Waals surface area contributed by atoms with E-state index in [0.717, 1.165) is 36.3 Å². The molecule has 0 saturated heterocycles. The molecule has 3 nitrogen and oxygen atoms in total. The predicted molar refractivity (Wildman–Crippen MR) is 125 cm³/mol. The summed E-state index contributed by atoms with van der Waals surface area (Å²) >= 11 is 0. The summed E-state index contributed by atoms with van der Waals surface area (Å²) in [6.07, 6.45) is 3.18. The Balaban J connectivity index is 1.78. The maximum atomic E-state index is 15.6. The third-order valence-electron chi connectivity index (χ3n) is 8.73. The van der Waals surface area contributed by atoms with Crippen LogP contribution in [0.5, 0.6) is 0 Å². The Hall–Kier alpha value is -1.86. The fraction of sp³-hybridized carbons (Fsp3) is 0.519. The monoisotopic (exact) mass is 436 g/mol. The molecule has 2 aromatic carbocycles. The van der Waals surface area contributed by atoms with Crippen LogP contribution in [-0.4, -0.2) is 16.7 Å². The van der Waals surface area contributed by atoms with E-state index in [0.29, 0.717) is 0 Å². The number of carbonyl (C=O) groups is 1.